The lowest BCUT2D eigenvalue weighted by atomic mass is 10.1. The molecule has 7 heteroatoms. The van der Waals surface area contributed by atoms with Crippen molar-refractivity contribution in [3.8, 4) is 0 Å². The van der Waals surface area contributed by atoms with Crippen LogP contribution in [0.25, 0.3) is 16.7 Å². The molecule has 2 aromatic carbocycles. The van der Waals surface area contributed by atoms with E-state index in [0.29, 0.717) is 6.54 Å². The Morgan fingerprint density at radius 3 is 2.69 bits per heavy atom. The summed E-state index contributed by atoms with van der Waals surface area (Å²) in [5.41, 5.74) is 4.68. The molecule has 0 fully saturated rings. The van der Waals surface area contributed by atoms with Crippen molar-refractivity contribution in [2.24, 2.45) is 7.05 Å². The van der Waals surface area contributed by atoms with E-state index in [0.717, 1.165) is 34.6 Å². The molecule has 0 aliphatic carbocycles. The van der Waals surface area contributed by atoms with Gasteiger partial charge in [-0.05, 0) is 36.2 Å². The van der Waals surface area contributed by atoms with Gasteiger partial charge >= 0.3 is 5.69 Å². The number of hydrogen-bond donors (Lipinski definition) is 1. The molecule has 144 valence electrons. The van der Waals surface area contributed by atoms with Crippen molar-refractivity contribution in [1.29, 1.82) is 0 Å². The summed E-state index contributed by atoms with van der Waals surface area (Å²) in [7, 11) is 1.81. The molecule has 5 rings (SSSR count). The first-order valence-electron chi connectivity index (χ1n) is 9.50. The van der Waals surface area contributed by atoms with Crippen LogP contribution in [0.5, 0.6) is 0 Å². The number of imidazole rings is 1. The Hall–Kier alpha value is -3.87. The van der Waals surface area contributed by atoms with E-state index in [1.807, 2.05) is 60.1 Å². The van der Waals surface area contributed by atoms with Crippen LogP contribution in [0, 0.1) is 0 Å². The third-order valence-electron chi connectivity index (χ3n) is 5.17. The predicted molar refractivity (Wildman–Crippen MR) is 114 cm³/mol. The van der Waals surface area contributed by atoms with Crippen molar-refractivity contribution in [3.05, 3.63) is 89.1 Å². The van der Waals surface area contributed by atoms with Crippen LogP contribution in [0.1, 0.15) is 5.56 Å². The first kappa shape index (κ1) is 17.2. The van der Waals surface area contributed by atoms with Gasteiger partial charge in [-0.25, -0.2) is 9.78 Å². The van der Waals surface area contributed by atoms with Gasteiger partial charge in [0.05, 0.1) is 17.2 Å². The Morgan fingerprint density at radius 1 is 0.966 bits per heavy atom. The van der Waals surface area contributed by atoms with Gasteiger partial charge in [0.2, 0.25) is 0 Å². The molecule has 0 saturated carbocycles. The van der Waals surface area contributed by atoms with E-state index in [-0.39, 0.29) is 5.69 Å². The predicted octanol–water partition coefficient (Wildman–Crippen LogP) is 3.37. The molecule has 29 heavy (non-hydrogen) atoms. The lowest BCUT2D eigenvalue weighted by Crippen LogP contribution is -2.23. The average molecular weight is 384 g/mol. The van der Waals surface area contributed by atoms with Crippen molar-refractivity contribution < 1.29 is 0 Å². The molecule has 0 saturated heterocycles. The van der Waals surface area contributed by atoms with Crippen molar-refractivity contribution in [3.63, 3.8) is 0 Å². The van der Waals surface area contributed by atoms with E-state index in [1.165, 1.54) is 5.56 Å². The molecule has 0 atom stereocenters. The smallest absolute Gasteiger partial charge is 0.328 e. The average Bonchev–Trinajstić information content (AvgIpc) is 3.32. The number of hydrogen-bond acceptors (Lipinski definition) is 4. The highest BCUT2D eigenvalue weighted by atomic mass is 16.1. The molecule has 5 aromatic rings. The van der Waals surface area contributed by atoms with Crippen LogP contribution in [0.2, 0.25) is 0 Å². The van der Waals surface area contributed by atoms with Gasteiger partial charge in [-0.3, -0.25) is 9.13 Å². The van der Waals surface area contributed by atoms with Crippen molar-refractivity contribution in [1.82, 2.24) is 23.7 Å². The van der Waals surface area contributed by atoms with Gasteiger partial charge in [-0.1, -0.05) is 30.3 Å². The van der Waals surface area contributed by atoms with Crippen molar-refractivity contribution >= 4 is 28.2 Å². The van der Waals surface area contributed by atoms with Gasteiger partial charge in [-0.2, -0.15) is 9.61 Å². The Morgan fingerprint density at radius 2 is 1.83 bits per heavy atom. The number of aryl methyl sites for hydroxylation is 3. The zero-order valence-electron chi connectivity index (χ0n) is 16.0. The van der Waals surface area contributed by atoms with Crippen LogP contribution in [-0.4, -0.2) is 23.7 Å². The standard InChI is InChI=1S/C22H20N6O/c1-26-18-8-7-17(25-21-9-12-23-20-10-13-24-28(20)21)15-19(18)27(22(26)29)14-11-16-5-3-2-4-6-16/h2-10,12-13,15,25H,11,14H2,1H3. The van der Waals surface area contributed by atoms with Gasteiger partial charge in [0.25, 0.3) is 0 Å². The first-order chi connectivity index (χ1) is 14.2. The van der Waals surface area contributed by atoms with Gasteiger partial charge in [0.1, 0.15) is 5.82 Å². The van der Waals surface area contributed by atoms with E-state index in [4.69, 9.17) is 0 Å². The van der Waals surface area contributed by atoms with Crippen LogP contribution in [0.15, 0.2) is 77.9 Å². The number of fused-ring (bicyclic) bond motifs is 2. The molecule has 0 radical (unpaired) electrons. The summed E-state index contributed by atoms with van der Waals surface area (Å²) in [4.78, 5) is 17.1. The highest BCUT2D eigenvalue weighted by molar-refractivity contribution is 5.81. The third-order valence-corrected chi connectivity index (χ3v) is 5.17. The number of rotatable bonds is 5. The summed E-state index contributed by atoms with van der Waals surface area (Å²) < 4.78 is 5.28. The minimum absolute atomic E-state index is 0.00791. The molecule has 0 amide bonds. The summed E-state index contributed by atoms with van der Waals surface area (Å²) in [6, 6.07) is 19.9. The highest BCUT2D eigenvalue weighted by Gasteiger charge is 2.12. The molecule has 3 aromatic heterocycles. The second-order valence-corrected chi connectivity index (χ2v) is 6.99. The van der Waals surface area contributed by atoms with Gasteiger partial charge in [-0.15, -0.1) is 0 Å². The molecule has 1 N–H and O–H groups in total. The fourth-order valence-electron chi connectivity index (χ4n) is 3.67. The minimum atomic E-state index is -0.00791. The fourth-order valence-corrected chi connectivity index (χ4v) is 3.67. The van der Waals surface area contributed by atoms with Crippen LogP contribution >= 0.6 is 0 Å². The van der Waals surface area contributed by atoms with Gasteiger partial charge in [0.15, 0.2) is 5.65 Å². The van der Waals surface area contributed by atoms with Crippen molar-refractivity contribution in [2.75, 3.05) is 5.32 Å². The Bertz CT molecular complexity index is 1360. The lowest BCUT2D eigenvalue weighted by Gasteiger charge is -2.09. The maximum atomic E-state index is 12.8. The number of anilines is 2. The summed E-state index contributed by atoms with van der Waals surface area (Å²) in [6.45, 7) is 0.627. The number of nitrogens with zero attached hydrogens (tertiary/aromatic N) is 5. The molecular formula is C22H20N6O. The maximum Gasteiger partial charge on any atom is 0.328 e. The molecule has 3 heterocycles. The van der Waals surface area contributed by atoms with E-state index in [9.17, 15) is 4.79 Å². The quantitative estimate of drug-likeness (QED) is 0.504. The second kappa shape index (κ2) is 6.94. The Balaban J connectivity index is 1.52. The number of nitrogens with one attached hydrogen (secondary N) is 1. The zero-order valence-corrected chi connectivity index (χ0v) is 16.0. The first-order valence-corrected chi connectivity index (χ1v) is 9.50. The second-order valence-electron chi connectivity index (χ2n) is 6.99. The van der Waals surface area contributed by atoms with Crippen LogP contribution in [-0.2, 0) is 20.0 Å². The largest absolute Gasteiger partial charge is 0.340 e. The number of aromatic nitrogens is 5. The molecule has 0 aliphatic heterocycles. The van der Waals surface area contributed by atoms with Crippen LogP contribution in [0.3, 0.4) is 0 Å². The lowest BCUT2D eigenvalue weighted by molar-refractivity contribution is 0.666. The zero-order chi connectivity index (χ0) is 19.8. The Labute approximate surface area is 166 Å². The highest BCUT2D eigenvalue weighted by Crippen LogP contribution is 2.22. The van der Waals surface area contributed by atoms with Crippen LogP contribution < -0.4 is 11.0 Å². The van der Waals surface area contributed by atoms with Crippen LogP contribution in [0.4, 0.5) is 11.5 Å². The monoisotopic (exact) mass is 384 g/mol. The molecule has 7 nitrogen and oxygen atoms in total. The van der Waals surface area contributed by atoms with E-state index in [2.05, 4.69) is 27.5 Å². The molecule has 0 bridgehead atoms. The topological polar surface area (TPSA) is 69.2 Å². The molecule has 0 unspecified atom stereocenters. The molecular weight excluding hydrogens is 364 g/mol. The minimum Gasteiger partial charge on any atom is -0.340 e. The maximum absolute atomic E-state index is 12.8. The summed E-state index contributed by atoms with van der Waals surface area (Å²) >= 11 is 0. The summed E-state index contributed by atoms with van der Waals surface area (Å²) in [6.07, 6.45) is 4.26. The molecule has 0 spiro atoms. The summed E-state index contributed by atoms with van der Waals surface area (Å²) in [5, 5.41) is 7.70. The van der Waals surface area contributed by atoms with E-state index >= 15 is 0 Å². The van der Waals surface area contributed by atoms with Gasteiger partial charge in [0, 0.05) is 31.5 Å². The fraction of sp³-hybridized carbons (Fsp3) is 0.136. The Kier molecular flexibility index (Phi) is 4.13. The SMILES string of the molecule is Cn1c(=O)n(CCc2ccccc2)c2cc(Nc3ccnc4ccnn34)ccc21. The van der Waals surface area contributed by atoms with E-state index < -0.39 is 0 Å². The van der Waals surface area contributed by atoms with E-state index in [1.54, 1.807) is 21.5 Å². The third kappa shape index (κ3) is 3.06. The summed E-state index contributed by atoms with van der Waals surface area (Å²) in [5.74, 6) is 0.813. The van der Waals surface area contributed by atoms with Gasteiger partial charge < -0.3 is 5.32 Å². The molecule has 0 aliphatic rings. The normalized spacial score (nSPS) is 11.3. The van der Waals surface area contributed by atoms with Crippen molar-refractivity contribution in [2.45, 2.75) is 13.0 Å². The number of benzene rings is 2.